The molecule has 12 N–H and O–H groups in total. The number of rotatable bonds is 7. The molecule has 1 rings (SSSR count). The highest BCUT2D eigenvalue weighted by Gasteiger charge is 2.39. The number of aliphatic carboxylic acids is 1. The maximum Gasteiger partial charge on any atom is 0.305 e. The lowest BCUT2D eigenvalue weighted by Crippen LogP contribution is -2.59. The van der Waals surface area contributed by atoms with Crippen LogP contribution in [0.3, 0.4) is 0 Å². The van der Waals surface area contributed by atoms with Crippen LogP contribution in [0.5, 0.6) is 0 Å². The van der Waals surface area contributed by atoms with Gasteiger partial charge in [0.2, 0.25) is 29.5 Å². The van der Waals surface area contributed by atoms with Gasteiger partial charge in [-0.3, -0.25) is 33.8 Å². The van der Waals surface area contributed by atoms with Gasteiger partial charge in [0.05, 0.1) is 19.0 Å². The number of hydrogen-bond donors (Lipinski definition) is 8. The summed E-state index contributed by atoms with van der Waals surface area (Å²) in [4.78, 5) is 80.0. The van der Waals surface area contributed by atoms with Gasteiger partial charge in [-0.25, -0.2) is 0 Å². The van der Waals surface area contributed by atoms with Gasteiger partial charge in [-0.05, 0) is 26.7 Å². The highest BCUT2D eigenvalue weighted by molar-refractivity contribution is 8.77. The van der Waals surface area contributed by atoms with Crippen LogP contribution in [0, 0.1) is 0 Å². The van der Waals surface area contributed by atoms with Crippen LogP contribution < -0.4 is 38.9 Å². The van der Waals surface area contributed by atoms with Gasteiger partial charge >= 0.3 is 5.97 Å². The number of carbonyl (C=O) groups excluding carboxylic acids is 5. The second-order valence-electron chi connectivity index (χ2n) is 9.27. The Morgan fingerprint density at radius 3 is 2.33 bits per heavy atom. The Bertz CT molecular complexity index is 975. The maximum absolute atomic E-state index is 13.0. The van der Waals surface area contributed by atoms with Crippen LogP contribution in [0.25, 0.3) is 0 Å². The van der Waals surface area contributed by atoms with Gasteiger partial charge < -0.3 is 48.9 Å². The van der Waals surface area contributed by atoms with E-state index in [0.29, 0.717) is 6.42 Å². The molecule has 0 aromatic heterocycles. The first-order valence-electron chi connectivity index (χ1n) is 11.8. The molecule has 0 aromatic rings. The Morgan fingerprint density at radius 1 is 1.13 bits per heavy atom. The van der Waals surface area contributed by atoms with Crippen LogP contribution in [0.4, 0.5) is 0 Å². The first kappa shape index (κ1) is 33.8. The molecule has 1 heterocycles. The molecule has 16 nitrogen and oxygen atoms in total. The molecule has 0 spiro atoms. The van der Waals surface area contributed by atoms with Crippen molar-refractivity contribution in [3.05, 3.63) is 0 Å². The highest BCUT2D eigenvalue weighted by Crippen LogP contribution is 2.38. The molecule has 0 unspecified atom stereocenters. The number of aliphatic imine (C=N–C) groups is 1. The van der Waals surface area contributed by atoms with Crippen molar-refractivity contribution in [3.63, 3.8) is 0 Å². The third kappa shape index (κ3) is 11.2. The Morgan fingerprint density at radius 2 is 1.77 bits per heavy atom. The molecule has 1 saturated heterocycles. The van der Waals surface area contributed by atoms with E-state index in [0.717, 1.165) is 21.6 Å². The number of amides is 5. The van der Waals surface area contributed by atoms with Crippen molar-refractivity contribution < 1.29 is 33.9 Å². The first-order chi connectivity index (χ1) is 18.1. The number of nitrogens with two attached hydrogens (primary N) is 4. The quantitative estimate of drug-likeness (QED) is 0.0617. The number of carboxylic acid groups (broad SMARTS) is 1. The summed E-state index contributed by atoms with van der Waals surface area (Å²) in [7, 11) is 3.68. The molecule has 39 heavy (non-hydrogen) atoms. The minimum Gasteiger partial charge on any atom is -0.481 e. The van der Waals surface area contributed by atoms with Crippen molar-refractivity contribution in [1.29, 1.82) is 0 Å². The van der Waals surface area contributed by atoms with Crippen LogP contribution in [0.1, 0.15) is 33.1 Å². The fourth-order valence-electron chi connectivity index (χ4n) is 3.53. The topological polar surface area (TPSA) is 278 Å². The van der Waals surface area contributed by atoms with E-state index in [4.69, 9.17) is 22.9 Å². The van der Waals surface area contributed by atoms with Crippen LogP contribution >= 0.6 is 21.6 Å². The van der Waals surface area contributed by atoms with Gasteiger partial charge in [0.1, 0.15) is 18.1 Å². The molecular formula is C21H37N9O7S2. The fourth-order valence-corrected chi connectivity index (χ4v) is 6.31. The fraction of sp³-hybridized carbons (Fsp3) is 0.667. The summed E-state index contributed by atoms with van der Waals surface area (Å²) in [5.41, 5.74) is 22.3. The van der Waals surface area contributed by atoms with Crippen molar-refractivity contribution in [1.82, 2.24) is 20.9 Å². The minimum atomic E-state index is -1.56. The summed E-state index contributed by atoms with van der Waals surface area (Å²) in [6.45, 7) is 2.80. The second kappa shape index (κ2) is 15.4. The predicted molar refractivity (Wildman–Crippen MR) is 147 cm³/mol. The molecule has 0 aromatic carbocycles. The Hall–Kier alpha value is -3.25. The zero-order valence-corrected chi connectivity index (χ0v) is 23.6. The molecule has 0 aliphatic carbocycles. The van der Waals surface area contributed by atoms with Crippen LogP contribution in [0.2, 0.25) is 0 Å². The number of primary amides is 1. The minimum absolute atomic E-state index is 0.0840. The molecule has 0 radical (unpaired) electrons. The lowest BCUT2D eigenvalue weighted by molar-refractivity contribution is -0.141. The summed E-state index contributed by atoms with van der Waals surface area (Å²) in [6, 6.07) is -4.90. The van der Waals surface area contributed by atoms with Gasteiger partial charge in [0, 0.05) is 24.1 Å². The van der Waals surface area contributed by atoms with Crippen molar-refractivity contribution in [2.75, 3.05) is 25.9 Å². The summed E-state index contributed by atoms with van der Waals surface area (Å²) in [5, 5.41) is 16.3. The lowest BCUT2D eigenvalue weighted by Gasteiger charge is -2.33. The molecule has 18 heteroatoms. The summed E-state index contributed by atoms with van der Waals surface area (Å²) in [6.07, 6.45) is -0.333. The van der Waals surface area contributed by atoms with E-state index in [9.17, 15) is 33.9 Å². The summed E-state index contributed by atoms with van der Waals surface area (Å²) in [5.74, 6) is -5.38. The monoisotopic (exact) mass is 591 g/mol. The van der Waals surface area contributed by atoms with E-state index < -0.39 is 77.4 Å². The highest BCUT2D eigenvalue weighted by atomic mass is 33.1. The molecule has 1 aliphatic heterocycles. The predicted octanol–water partition coefficient (Wildman–Crippen LogP) is -3.59. The van der Waals surface area contributed by atoms with Crippen LogP contribution in [-0.2, 0) is 28.8 Å². The zero-order valence-electron chi connectivity index (χ0n) is 22.0. The third-order valence-electron chi connectivity index (χ3n) is 5.61. The summed E-state index contributed by atoms with van der Waals surface area (Å²) < 4.78 is -1.03. The number of carboxylic acids is 1. The van der Waals surface area contributed by atoms with Crippen molar-refractivity contribution in [2.24, 2.45) is 27.9 Å². The maximum atomic E-state index is 13.0. The number of nitrogens with one attached hydrogen (secondary N) is 3. The zero-order chi connectivity index (χ0) is 29.9. The Balaban J connectivity index is 3.31. The smallest absolute Gasteiger partial charge is 0.305 e. The van der Waals surface area contributed by atoms with Gasteiger partial charge in [-0.15, -0.1) is 0 Å². The van der Waals surface area contributed by atoms with E-state index in [-0.39, 0.29) is 24.7 Å². The van der Waals surface area contributed by atoms with E-state index in [1.807, 2.05) is 0 Å². The number of hydrogen-bond acceptors (Lipinski definition) is 10. The van der Waals surface area contributed by atoms with Gasteiger partial charge in [0.15, 0.2) is 5.96 Å². The molecule has 1 fully saturated rings. The van der Waals surface area contributed by atoms with Gasteiger partial charge in [-0.2, -0.15) is 0 Å². The summed E-state index contributed by atoms with van der Waals surface area (Å²) >= 11 is 0. The SMILES string of the molecule is CN1C(=O)[C@@H](N)CSSC(C)(C)[C@H](C(N)=O)NC(=O)[C@H](CC(=O)O)NC(=O)CNC(=O)[C@@H]1CCCN=C(N)N. The average molecular weight is 592 g/mol. The van der Waals surface area contributed by atoms with Crippen LogP contribution in [-0.4, -0.2) is 106 Å². The van der Waals surface area contributed by atoms with Crippen molar-refractivity contribution >= 4 is 63.1 Å². The molecule has 0 bridgehead atoms. The van der Waals surface area contributed by atoms with Crippen LogP contribution in [0.15, 0.2) is 4.99 Å². The molecule has 1 aliphatic rings. The molecule has 220 valence electrons. The third-order valence-corrected chi connectivity index (χ3v) is 8.94. The van der Waals surface area contributed by atoms with E-state index in [2.05, 4.69) is 20.9 Å². The number of guanidine groups is 1. The number of carbonyl (C=O) groups is 6. The number of likely N-dealkylation sites (N-methyl/N-ethyl adjacent to an activating group) is 1. The lowest BCUT2D eigenvalue weighted by atomic mass is 10.0. The Labute approximate surface area is 233 Å². The largest absolute Gasteiger partial charge is 0.481 e. The normalized spacial score (nSPS) is 25.5. The first-order valence-corrected chi connectivity index (χ1v) is 14.2. The van der Waals surface area contributed by atoms with Gasteiger partial charge in [-0.1, -0.05) is 21.6 Å². The van der Waals surface area contributed by atoms with E-state index in [1.54, 1.807) is 13.8 Å². The van der Waals surface area contributed by atoms with E-state index >= 15 is 0 Å². The number of nitrogens with zero attached hydrogens (tertiary/aromatic N) is 2. The van der Waals surface area contributed by atoms with Crippen molar-refractivity contribution in [2.45, 2.75) is 62.0 Å². The van der Waals surface area contributed by atoms with Crippen molar-refractivity contribution in [3.8, 4) is 0 Å². The molecule has 5 amide bonds. The standard InChI is InChI=1S/C21H37N9O7S2/c1-21(2)15(16(23)34)29-17(35)11(7-14(32)33)28-13(31)8-27-18(36)12(5-4-6-26-20(24)25)30(3)19(37)10(22)9-38-39-21/h10-12,15H,4-9,22H2,1-3H3,(H2,23,34)(H,27,36)(H,28,31)(H,29,35)(H,32,33)(H4,24,25,26)/t10-,11-,12-,15-/m0/s1. The Kier molecular flexibility index (Phi) is 13.3. The molecule has 4 atom stereocenters. The average Bonchev–Trinajstić information content (AvgIpc) is 2.82. The molecular weight excluding hydrogens is 554 g/mol. The molecule has 0 saturated carbocycles. The van der Waals surface area contributed by atoms with Gasteiger partial charge in [0.25, 0.3) is 0 Å². The van der Waals surface area contributed by atoms with E-state index in [1.165, 1.54) is 11.9 Å². The second-order valence-corrected chi connectivity index (χ2v) is 12.3.